The van der Waals surface area contributed by atoms with E-state index in [2.05, 4.69) is 107 Å². The number of nitrogens with zero attached hydrogens (tertiary/aromatic N) is 8. The molecule has 6 aromatic carbocycles. The van der Waals surface area contributed by atoms with Crippen LogP contribution in [0.1, 0.15) is 36.8 Å². The maximum Gasteiger partial charge on any atom is 0.242 e. The number of aryl methyl sites for hydroxylation is 2. The molecule has 12 rings (SSSR count). The minimum atomic E-state index is 0.602. The molecule has 0 saturated heterocycles. The van der Waals surface area contributed by atoms with Crippen LogP contribution in [0.2, 0.25) is 0 Å². The third-order valence-electron chi connectivity index (χ3n) is 11.0. The molecule has 0 saturated carbocycles. The lowest BCUT2D eigenvalue weighted by Gasteiger charge is -2.04. The van der Waals surface area contributed by atoms with E-state index in [-0.39, 0.29) is 0 Å². The van der Waals surface area contributed by atoms with Crippen molar-refractivity contribution in [1.29, 1.82) is 0 Å². The number of para-hydroxylation sites is 2. The van der Waals surface area contributed by atoms with Crippen molar-refractivity contribution in [3.63, 3.8) is 0 Å². The van der Waals surface area contributed by atoms with Gasteiger partial charge in [-0.25, -0.2) is 20.0 Å². The number of fused-ring (bicyclic) bond motifs is 6. The average Bonchev–Trinajstić information content (AvgIpc) is 4.12. The quantitative estimate of drug-likeness (QED) is 0.167. The molecule has 10 heteroatoms. The fourth-order valence-electron chi connectivity index (χ4n) is 7.88. The van der Waals surface area contributed by atoms with Gasteiger partial charge in [0, 0.05) is 42.9 Å². The van der Waals surface area contributed by atoms with Crippen molar-refractivity contribution in [2.75, 3.05) is 0 Å². The number of hydrogen-bond donors (Lipinski definition) is 0. The molecule has 280 valence electrons. The molecule has 2 aliphatic rings. The van der Waals surface area contributed by atoms with E-state index in [4.69, 9.17) is 18.8 Å². The highest BCUT2D eigenvalue weighted by molar-refractivity contribution is 6.05. The van der Waals surface area contributed by atoms with Crippen LogP contribution in [-0.4, -0.2) is 41.0 Å². The topological polar surface area (TPSA) is 112 Å². The molecule has 0 unspecified atom stereocenters. The Bertz CT molecular complexity index is 3280. The molecule has 0 atom stereocenters. The summed E-state index contributed by atoms with van der Waals surface area (Å²) in [6.07, 6.45) is 5.50. The van der Waals surface area contributed by atoms with Crippen LogP contribution in [0.5, 0.6) is 0 Å². The molecule has 0 fully saturated rings. The fourth-order valence-corrected chi connectivity index (χ4v) is 7.88. The number of hydrogen-bond acceptors (Lipinski definition) is 8. The van der Waals surface area contributed by atoms with E-state index >= 15 is 0 Å². The van der Waals surface area contributed by atoms with Gasteiger partial charge in [-0.3, -0.25) is 9.36 Å². The smallest absolute Gasteiger partial charge is 0.242 e. The molecule has 6 heterocycles. The van der Waals surface area contributed by atoms with Gasteiger partial charge < -0.3 is 8.83 Å². The van der Waals surface area contributed by atoms with Crippen LogP contribution in [0.4, 0.5) is 11.4 Å². The Kier molecular flexibility index (Phi) is 7.95. The van der Waals surface area contributed by atoms with E-state index in [1.54, 1.807) is 0 Å². The van der Waals surface area contributed by atoms with E-state index in [0.717, 1.165) is 115 Å². The summed E-state index contributed by atoms with van der Waals surface area (Å²) in [6.45, 7) is 5.91. The summed E-state index contributed by atoms with van der Waals surface area (Å²) < 4.78 is 16.2. The number of aromatic nitrogens is 6. The molecule has 0 N–H and O–H groups in total. The minimum absolute atomic E-state index is 0.602. The predicted molar refractivity (Wildman–Crippen MR) is 230 cm³/mol. The largest absolute Gasteiger partial charge is 0.435 e. The minimum Gasteiger partial charge on any atom is -0.435 e. The van der Waals surface area contributed by atoms with E-state index in [0.29, 0.717) is 11.8 Å². The van der Waals surface area contributed by atoms with Gasteiger partial charge in [0.15, 0.2) is 11.2 Å². The maximum absolute atomic E-state index is 6.10. The first-order chi connectivity index (χ1) is 28.5. The van der Waals surface area contributed by atoms with Crippen LogP contribution >= 0.6 is 0 Å². The van der Waals surface area contributed by atoms with Gasteiger partial charge in [0.05, 0.1) is 28.6 Å². The predicted octanol–water partition coefficient (Wildman–Crippen LogP) is 11.1. The molecular formula is C48H36N8O2. The SMILES string of the molecule is CCn1cc2ccc(-c3ccc4nc(C5=Nc6ccccc6C5)oc4c3)cc2n1.CCn1ncc2ccc(-c3ccc4nc(C5=Nc6ccccc6C5)oc4c3)cc21. The van der Waals surface area contributed by atoms with E-state index in [1.165, 1.54) is 11.1 Å². The average molecular weight is 757 g/mol. The van der Waals surface area contributed by atoms with Gasteiger partial charge in [-0.15, -0.1) is 0 Å². The van der Waals surface area contributed by atoms with E-state index in [9.17, 15) is 0 Å². The van der Waals surface area contributed by atoms with Crippen molar-refractivity contribution in [1.82, 2.24) is 29.5 Å². The van der Waals surface area contributed by atoms with Gasteiger partial charge in [0.1, 0.15) is 22.5 Å². The standard InChI is InChI=1S/2C24H18N4O/c1-2-28-22-12-15(7-8-18(22)14-25-28)16-9-10-20-23(13-16)29-24(27-20)21-11-17-5-3-4-6-19(17)26-21;1-2-28-14-18-8-7-15(11-21(18)27-28)16-9-10-20-23(13-16)29-24(26-20)22-12-17-5-3-4-6-19(17)25-22/h3-10,12-14H,2,11H2,1H3;3-11,13-14H,2,12H2,1H3. The first kappa shape index (κ1) is 33.8. The molecule has 58 heavy (non-hydrogen) atoms. The molecule has 10 aromatic rings. The van der Waals surface area contributed by atoms with Crippen molar-refractivity contribution in [3.8, 4) is 22.3 Å². The molecule has 0 bridgehead atoms. The van der Waals surface area contributed by atoms with Crippen molar-refractivity contribution in [3.05, 3.63) is 157 Å². The first-order valence-electron chi connectivity index (χ1n) is 19.6. The summed E-state index contributed by atoms with van der Waals surface area (Å²) in [5.74, 6) is 1.21. The summed E-state index contributed by atoms with van der Waals surface area (Å²) in [4.78, 5) is 18.7. The monoisotopic (exact) mass is 756 g/mol. The van der Waals surface area contributed by atoms with Crippen LogP contribution in [0.3, 0.4) is 0 Å². The van der Waals surface area contributed by atoms with Gasteiger partial charge >= 0.3 is 0 Å². The fraction of sp³-hybridized carbons (Fsp3) is 0.125. The van der Waals surface area contributed by atoms with Gasteiger partial charge in [-0.1, -0.05) is 72.8 Å². The molecule has 4 aromatic heterocycles. The highest BCUT2D eigenvalue weighted by atomic mass is 16.4. The zero-order valence-electron chi connectivity index (χ0n) is 31.9. The van der Waals surface area contributed by atoms with Crippen molar-refractivity contribution in [2.24, 2.45) is 9.98 Å². The zero-order valence-corrected chi connectivity index (χ0v) is 31.9. The lowest BCUT2D eigenvalue weighted by molar-refractivity contribution is 0.588. The van der Waals surface area contributed by atoms with Crippen LogP contribution in [0, 0.1) is 0 Å². The van der Waals surface area contributed by atoms with Gasteiger partial charge in [0.2, 0.25) is 11.8 Å². The lowest BCUT2D eigenvalue weighted by atomic mass is 10.0. The van der Waals surface area contributed by atoms with E-state index < -0.39 is 0 Å². The Morgan fingerprint density at radius 2 is 1.10 bits per heavy atom. The maximum atomic E-state index is 6.10. The summed E-state index contributed by atoms with van der Waals surface area (Å²) in [6, 6.07) is 41.4. The lowest BCUT2D eigenvalue weighted by Crippen LogP contribution is -2.00. The molecule has 0 amide bonds. The zero-order chi connectivity index (χ0) is 38.7. The second kappa shape index (κ2) is 13.6. The summed E-state index contributed by atoms with van der Waals surface area (Å²) in [5.41, 5.74) is 16.0. The molecule has 0 radical (unpaired) electrons. The number of rotatable bonds is 6. The Labute approximate surface area is 332 Å². The number of benzene rings is 6. The second-order valence-corrected chi connectivity index (χ2v) is 14.6. The van der Waals surface area contributed by atoms with Crippen LogP contribution in [-0.2, 0) is 25.9 Å². The summed E-state index contributed by atoms with van der Waals surface area (Å²) >= 11 is 0. The Balaban J connectivity index is 0.000000133. The molecular weight excluding hydrogens is 721 g/mol. The van der Waals surface area contributed by atoms with E-state index in [1.807, 2.05) is 70.2 Å². The normalized spacial score (nSPS) is 13.2. The number of aliphatic imine (C=N–C) groups is 2. The molecule has 0 spiro atoms. The second-order valence-electron chi connectivity index (χ2n) is 14.6. The molecule has 10 nitrogen and oxygen atoms in total. The highest BCUT2D eigenvalue weighted by Gasteiger charge is 2.22. The van der Waals surface area contributed by atoms with Crippen molar-refractivity contribution in [2.45, 2.75) is 39.8 Å². The Morgan fingerprint density at radius 3 is 1.69 bits per heavy atom. The van der Waals surface area contributed by atoms with Gasteiger partial charge in [-0.05, 0) is 95.8 Å². The van der Waals surface area contributed by atoms with Gasteiger partial charge in [0.25, 0.3) is 0 Å². The molecule has 0 aliphatic carbocycles. The van der Waals surface area contributed by atoms with Crippen LogP contribution < -0.4 is 0 Å². The van der Waals surface area contributed by atoms with Crippen LogP contribution in [0.15, 0.2) is 153 Å². The van der Waals surface area contributed by atoms with Gasteiger partial charge in [-0.2, -0.15) is 10.2 Å². The Morgan fingerprint density at radius 1 is 0.552 bits per heavy atom. The van der Waals surface area contributed by atoms with Crippen LogP contribution in [0.25, 0.3) is 66.3 Å². The third-order valence-corrected chi connectivity index (χ3v) is 11.0. The molecule has 2 aliphatic heterocycles. The summed E-state index contributed by atoms with van der Waals surface area (Å²) in [7, 11) is 0. The summed E-state index contributed by atoms with van der Waals surface area (Å²) in [5, 5.41) is 11.4. The highest BCUT2D eigenvalue weighted by Crippen LogP contribution is 2.33. The number of oxazole rings is 2. The third kappa shape index (κ3) is 5.97. The van der Waals surface area contributed by atoms with Crippen molar-refractivity contribution >= 4 is 66.8 Å². The van der Waals surface area contributed by atoms with Crippen molar-refractivity contribution < 1.29 is 8.83 Å². The Hall–Kier alpha value is -7.46. The first-order valence-corrected chi connectivity index (χ1v) is 19.6.